The number of hydrogen-bond donors (Lipinski definition) is 1. The summed E-state index contributed by atoms with van der Waals surface area (Å²) >= 11 is 0. The van der Waals surface area contributed by atoms with E-state index < -0.39 is 0 Å². The molecule has 0 saturated heterocycles. The van der Waals surface area contributed by atoms with Gasteiger partial charge in [-0.05, 0) is 35.9 Å². The molecule has 0 spiro atoms. The smallest absolute Gasteiger partial charge is 0.271 e. The van der Waals surface area contributed by atoms with E-state index in [1.807, 2.05) is 24.3 Å². The van der Waals surface area contributed by atoms with Gasteiger partial charge in [0.25, 0.3) is 5.91 Å². The van der Waals surface area contributed by atoms with Gasteiger partial charge in [-0.1, -0.05) is 12.1 Å². The second-order valence-corrected chi connectivity index (χ2v) is 4.83. The predicted molar refractivity (Wildman–Crippen MR) is 85.5 cm³/mol. The zero-order valence-electron chi connectivity index (χ0n) is 12.6. The molecule has 3 rings (SSSR count). The first-order chi connectivity index (χ1) is 11.3. The lowest BCUT2D eigenvalue weighted by molar-refractivity contribution is 0.0954. The van der Waals surface area contributed by atoms with Crippen molar-refractivity contribution in [1.29, 1.82) is 0 Å². The van der Waals surface area contributed by atoms with E-state index in [1.165, 1.54) is 0 Å². The highest BCUT2D eigenvalue weighted by molar-refractivity contribution is 5.95. The van der Waals surface area contributed by atoms with Gasteiger partial charge in [-0.2, -0.15) is 5.10 Å². The lowest BCUT2D eigenvalue weighted by Gasteiger charge is -2.18. The van der Waals surface area contributed by atoms with Gasteiger partial charge < -0.3 is 14.2 Å². The fourth-order valence-corrected chi connectivity index (χ4v) is 2.14. The van der Waals surface area contributed by atoms with Gasteiger partial charge >= 0.3 is 0 Å². The maximum absolute atomic E-state index is 12.1. The monoisotopic (exact) mass is 312 g/mol. The summed E-state index contributed by atoms with van der Waals surface area (Å²) in [6, 6.07) is 12.4. The first-order valence-corrected chi connectivity index (χ1v) is 7.13. The predicted octanol–water partition coefficient (Wildman–Crippen LogP) is 2.23. The zero-order valence-corrected chi connectivity index (χ0v) is 12.6. The first kappa shape index (κ1) is 14.9. The van der Waals surface area contributed by atoms with Gasteiger partial charge in [0.15, 0.2) is 11.5 Å². The Morgan fingerprint density at radius 1 is 1.17 bits per heavy atom. The topological polar surface area (TPSA) is 69.2 Å². The highest BCUT2D eigenvalue weighted by atomic mass is 16.6. The lowest BCUT2D eigenvalue weighted by Crippen LogP contribution is -2.19. The standard InChI is InChI=1S/C17H16N2O4/c1-21-14-4-2-3-12(9-14)11-18-19-17(20)13-5-6-15-16(10-13)23-8-7-22-15/h2-6,9-11H,7-8H2,1H3,(H,19,20)/b18-11-. The van der Waals surface area contributed by atoms with E-state index in [9.17, 15) is 4.79 Å². The molecule has 1 N–H and O–H groups in total. The summed E-state index contributed by atoms with van der Waals surface area (Å²) in [6.45, 7) is 0.995. The van der Waals surface area contributed by atoms with E-state index in [0.29, 0.717) is 30.3 Å². The van der Waals surface area contributed by atoms with Crippen LogP contribution in [0.1, 0.15) is 15.9 Å². The molecule has 2 aromatic carbocycles. The molecule has 0 aliphatic carbocycles. The molecule has 2 aromatic rings. The SMILES string of the molecule is COc1cccc(/C=N\NC(=O)c2ccc3c(c2)OCCO3)c1. The van der Waals surface area contributed by atoms with Crippen molar-refractivity contribution in [1.82, 2.24) is 5.43 Å². The van der Waals surface area contributed by atoms with E-state index in [2.05, 4.69) is 10.5 Å². The van der Waals surface area contributed by atoms with Gasteiger partial charge in [0.2, 0.25) is 0 Å². The number of benzene rings is 2. The number of hydrazone groups is 1. The third-order valence-electron chi connectivity index (χ3n) is 3.28. The number of amides is 1. The van der Waals surface area contributed by atoms with Crippen molar-refractivity contribution < 1.29 is 19.0 Å². The molecular weight excluding hydrogens is 296 g/mol. The third-order valence-corrected chi connectivity index (χ3v) is 3.28. The number of methoxy groups -OCH3 is 1. The second kappa shape index (κ2) is 6.83. The van der Waals surface area contributed by atoms with Gasteiger partial charge in [-0.25, -0.2) is 5.43 Å². The van der Waals surface area contributed by atoms with Gasteiger partial charge in [0.05, 0.1) is 13.3 Å². The number of carbonyl (C=O) groups excluding carboxylic acids is 1. The molecule has 0 atom stereocenters. The molecule has 0 fully saturated rings. The average molecular weight is 312 g/mol. The number of nitrogens with one attached hydrogen (secondary N) is 1. The van der Waals surface area contributed by atoms with Crippen LogP contribution in [0, 0.1) is 0 Å². The van der Waals surface area contributed by atoms with E-state index in [-0.39, 0.29) is 5.91 Å². The Hall–Kier alpha value is -3.02. The fourth-order valence-electron chi connectivity index (χ4n) is 2.14. The van der Waals surface area contributed by atoms with Crippen LogP contribution in [-0.2, 0) is 0 Å². The third kappa shape index (κ3) is 3.60. The summed E-state index contributed by atoms with van der Waals surface area (Å²) in [4.78, 5) is 12.1. The summed E-state index contributed by atoms with van der Waals surface area (Å²) < 4.78 is 16.0. The Bertz CT molecular complexity index is 743. The average Bonchev–Trinajstić information content (AvgIpc) is 2.61. The van der Waals surface area contributed by atoms with Gasteiger partial charge in [-0.3, -0.25) is 4.79 Å². The van der Waals surface area contributed by atoms with E-state index >= 15 is 0 Å². The van der Waals surface area contributed by atoms with E-state index in [0.717, 1.165) is 11.3 Å². The summed E-state index contributed by atoms with van der Waals surface area (Å²) in [5.74, 6) is 1.63. The quantitative estimate of drug-likeness (QED) is 0.694. The van der Waals surface area contributed by atoms with Crippen molar-refractivity contribution >= 4 is 12.1 Å². The maximum Gasteiger partial charge on any atom is 0.271 e. The zero-order chi connectivity index (χ0) is 16.1. The minimum atomic E-state index is -0.318. The number of fused-ring (bicyclic) bond motifs is 1. The van der Waals surface area contributed by atoms with Crippen LogP contribution in [0.2, 0.25) is 0 Å². The molecule has 1 aliphatic heterocycles. The molecule has 6 nitrogen and oxygen atoms in total. The van der Waals surface area contributed by atoms with Crippen molar-refractivity contribution in [2.45, 2.75) is 0 Å². The Morgan fingerprint density at radius 2 is 2.00 bits per heavy atom. The lowest BCUT2D eigenvalue weighted by atomic mass is 10.2. The normalized spacial score (nSPS) is 12.9. The summed E-state index contributed by atoms with van der Waals surface area (Å²) in [5.41, 5.74) is 3.77. The van der Waals surface area contributed by atoms with E-state index in [1.54, 1.807) is 31.5 Å². The van der Waals surface area contributed by atoms with Crippen LogP contribution in [0.4, 0.5) is 0 Å². The number of hydrogen-bond acceptors (Lipinski definition) is 5. The van der Waals surface area contributed by atoms with Crippen LogP contribution in [-0.4, -0.2) is 32.4 Å². The summed E-state index contributed by atoms with van der Waals surface area (Å²) in [6.07, 6.45) is 1.55. The van der Waals surface area contributed by atoms with Crippen molar-refractivity contribution in [3.8, 4) is 17.2 Å². The van der Waals surface area contributed by atoms with E-state index in [4.69, 9.17) is 14.2 Å². The second-order valence-electron chi connectivity index (χ2n) is 4.83. The van der Waals surface area contributed by atoms with Crippen molar-refractivity contribution in [2.75, 3.05) is 20.3 Å². The highest BCUT2D eigenvalue weighted by Gasteiger charge is 2.14. The number of carbonyl (C=O) groups is 1. The molecule has 0 radical (unpaired) electrons. The van der Waals surface area contributed by atoms with Crippen LogP contribution in [0.15, 0.2) is 47.6 Å². The highest BCUT2D eigenvalue weighted by Crippen LogP contribution is 2.30. The largest absolute Gasteiger partial charge is 0.497 e. The molecule has 23 heavy (non-hydrogen) atoms. The molecule has 0 saturated carbocycles. The molecule has 0 unspecified atom stereocenters. The molecule has 118 valence electrons. The summed E-state index contributed by atoms with van der Waals surface area (Å²) in [5, 5.41) is 3.95. The van der Waals surface area contributed by atoms with Gasteiger partial charge in [0.1, 0.15) is 19.0 Å². The van der Waals surface area contributed by atoms with Crippen LogP contribution >= 0.6 is 0 Å². The van der Waals surface area contributed by atoms with Crippen LogP contribution in [0.5, 0.6) is 17.2 Å². The van der Waals surface area contributed by atoms with Crippen LogP contribution in [0.25, 0.3) is 0 Å². The maximum atomic E-state index is 12.1. The number of nitrogens with zero attached hydrogens (tertiary/aromatic N) is 1. The number of ether oxygens (including phenoxy) is 3. The van der Waals surface area contributed by atoms with Gasteiger partial charge in [0, 0.05) is 5.56 Å². The minimum absolute atomic E-state index is 0.318. The molecule has 0 aromatic heterocycles. The molecule has 0 bridgehead atoms. The summed E-state index contributed by atoms with van der Waals surface area (Å²) in [7, 11) is 1.60. The molecule has 1 heterocycles. The molecule has 1 amide bonds. The Labute approximate surface area is 133 Å². The Kier molecular flexibility index (Phi) is 4.42. The molecular formula is C17H16N2O4. The van der Waals surface area contributed by atoms with Crippen molar-refractivity contribution in [3.63, 3.8) is 0 Å². The van der Waals surface area contributed by atoms with Gasteiger partial charge in [-0.15, -0.1) is 0 Å². The van der Waals surface area contributed by atoms with Crippen molar-refractivity contribution in [3.05, 3.63) is 53.6 Å². The van der Waals surface area contributed by atoms with Crippen LogP contribution < -0.4 is 19.6 Å². The first-order valence-electron chi connectivity index (χ1n) is 7.13. The molecule has 6 heteroatoms. The fraction of sp³-hybridized carbons (Fsp3) is 0.176. The minimum Gasteiger partial charge on any atom is -0.497 e. The Morgan fingerprint density at radius 3 is 2.83 bits per heavy atom. The molecule has 1 aliphatic rings. The van der Waals surface area contributed by atoms with Crippen molar-refractivity contribution in [2.24, 2.45) is 5.10 Å². The number of rotatable bonds is 4. The van der Waals surface area contributed by atoms with Crippen LogP contribution in [0.3, 0.4) is 0 Å². The Balaban J connectivity index is 1.66.